The molecule has 0 aromatic carbocycles. The molecule has 0 aliphatic carbocycles. The van der Waals surface area contributed by atoms with Gasteiger partial charge in [-0.25, -0.2) is 0 Å². The Kier molecular flexibility index (Phi) is 3.86. The number of amides is 1. The van der Waals surface area contributed by atoms with Crippen LogP contribution in [-0.4, -0.2) is 31.6 Å². The molecule has 2 atom stereocenters. The van der Waals surface area contributed by atoms with E-state index in [1.807, 2.05) is 6.07 Å². The van der Waals surface area contributed by atoms with Gasteiger partial charge in [0.05, 0.1) is 18.1 Å². The molecule has 2 aliphatic rings. The van der Waals surface area contributed by atoms with Crippen LogP contribution < -0.4 is 10.6 Å². The minimum atomic E-state index is 0.0694. The van der Waals surface area contributed by atoms with Gasteiger partial charge in [-0.05, 0) is 30.5 Å². The summed E-state index contributed by atoms with van der Waals surface area (Å²) in [4.78, 5) is 14.4. The maximum Gasteiger partial charge on any atom is 0.261 e. The fourth-order valence-corrected chi connectivity index (χ4v) is 3.73. The van der Waals surface area contributed by atoms with Crippen molar-refractivity contribution < 1.29 is 9.53 Å². The van der Waals surface area contributed by atoms with Gasteiger partial charge in [-0.1, -0.05) is 6.92 Å². The first-order valence-corrected chi connectivity index (χ1v) is 7.76. The first kappa shape index (κ1) is 13.1. The Labute approximate surface area is 117 Å². The summed E-state index contributed by atoms with van der Waals surface area (Å²) in [5.41, 5.74) is 1.19. The van der Waals surface area contributed by atoms with E-state index in [2.05, 4.69) is 17.6 Å². The standard InChI is InChI=1S/C14H20N2O2S/c1-9-2-4-15-7-11(9)16-14(17)13-6-10-8-18-5-3-12(10)19-13/h6,9,11,15H,2-5,7-8H2,1H3,(H,16,17). The molecule has 0 spiro atoms. The van der Waals surface area contributed by atoms with Crippen LogP contribution in [0.2, 0.25) is 0 Å². The number of hydrogen-bond donors (Lipinski definition) is 2. The highest BCUT2D eigenvalue weighted by atomic mass is 32.1. The van der Waals surface area contributed by atoms with Crippen LogP contribution >= 0.6 is 11.3 Å². The van der Waals surface area contributed by atoms with E-state index in [-0.39, 0.29) is 11.9 Å². The Bertz CT molecular complexity index is 449. The summed E-state index contributed by atoms with van der Waals surface area (Å²) in [7, 11) is 0. The van der Waals surface area contributed by atoms with Crippen LogP contribution in [0, 0.1) is 5.92 Å². The Morgan fingerprint density at radius 2 is 2.47 bits per heavy atom. The van der Waals surface area contributed by atoms with E-state index >= 15 is 0 Å². The lowest BCUT2D eigenvalue weighted by atomic mass is 9.95. The number of nitrogens with one attached hydrogen (secondary N) is 2. The molecule has 1 saturated heterocycles. The van der Waals surface area contributed by atoms with Crippen molar-refractivity contribution in [3.8, 4) is 0 Å². The molecule has 104 valence electrons. The van der Waals surface area contributed by atoms with Gasteiger partial charge in [0.2, 0.25) is 0 Å². The van der Waals surface area contributed by atoms with E-state index in [0.29, 0.717) is 12.5 Å². The first-order chi connectivity index (χ1) is 9.24. The van der Waals surface area contributed by atoms with E-state index in [1.54, 1.807) is 11.3 Å². The van der Waals surface area contributed by atoms with Gasteiger partial charge in [0.25, 0.3) is 5.91 Å². The molecule has 5 heteroatoms. The zero-order valence-corrected chi connectivity index (χ0v) is 12.0. The number of piperidine rings is 1. The molecule has 1 amide bonds. The van der Waals surface area contributed by atoms with Crippen molar-refractivity contribution in [3.63, 3.8) is 0 Å². The average molecular weight is 280 g/mol. The third-order valence-corrected chi connectivity index (χ3v) is 5.23. The molecule has 1 aromatic heterocycles. The molecule has 2 aliphatic heterocycles. The monoisotopic (exact) mass is 280 g/mol. The summed E-state index contributed by atoms with van der Waals surface area (Å²) in [6.07, 6.45) is 2.06. The summed E-state index contributed by atoms with van der Waals surface area (Å²) in [6, 6.07) is 2.24. The van der Waals surface area contributed by atoms with Crippen molar-refractivity contribution in [1.82, 2.24) is 10.6 Å². The second kappa shape index (κ2) is 5.61. The number of thiophene rings is 1. The Morgan fingerprint density at radius 1 is 1.58 bits per heavy atom. The lowest BCUT2D eigenvalue weighted by molar-refractivity contribution is 0.0919. The Balaban J connectivity index is 1.68. The lowest BCUT2D eigenvalue weighted by Crippen LogP contribution is -2.50. The summed E-state index contributed by atoms with van der Waals surface area (Å²) in [5, 5.41) is 6.50. The molecular weight excluding hydrogens is 260 g/mol. The van der Waals surface area contributed by atoms with Crippen LogP contribution in [0.5, 0.6) is 0 Å². The predicted octanol–water partition coefficient (Wildman–Crippen LogP) is 1.55. The molecule has 19 heavy (non-hydrogen) atoms. The summed E-state index contributed by atoms with van der Waals surface area (Å²) < 4.78 is 5.42. The number of fused-ring (bicyclic) bond motifs is 1. The largest absolute Gasteiger partial charge is 0.376 e. The highest BCUT2D eigenvalue weighted by Gasteiger charge is 2.24. The predicted molar refractivity (Wildman–Crippen MR) is 75.6 cm³/mol. The molecule has 3 rings (SSSR count). The molecule has 0 saturated carbocycles. The van der Waals surface area contributed by atoms with Crippen molar-refractivity contribution in [1.29, 1.82) is 0 Å². The summed E-state index contributed by atoms with van der Waals surface area (Å²) in [5.74, 6) is 0.614. The number of carbonyl (C=O) groups excluding carboxylic acids is 1. The summed E-state index contributed by atoms with van der Waals surface area (Å²) >= 11 is 1.62. The average Bonchev–Trinajstić information content (AvgIpc) is 2.85. The van der Waals surface area contributed by atoms with Crippen molar-refractivity contribution in [2.24, 2.45) is 5.92 Å². The van der Waals surface area contributed by atoms with E-state index in [4.69, 9.17) is 4.74 Å². The zero-order chi connectivity index (χ0) is 13.2. The van der Waals surface area contributed by atoms with Crippen LogP contribution in [0.1, 0.15) is 33.5 Å². The first-order valence-electron chi connectivity index (χ1n) is 6.95. The van der Waals surface area contributed by atoms with Gasteiger partial charge in [-0.15, -0.1) is 11.3 Å². The lowest BCUT2D eigenvalue weighted by Gasteiger charge is -2.30. The smallest absolute Gasteiger partial charge is 0.261 e. The van der Waals surface area contributed by atoms with Crippen molar-refractivity contribution >= 4 is 17.2 Å². The van der Waals surface area contributed by atoms with Gasteiger partial charge in [-0.3, -0.25) is 4.79 Å². The number of carbonyl (C=O) groups is 1. The van der Waals surface area contributed by atoms with E-state index < -0.39 is 0 Å². The fraction of sp³-hybridized carbons (Fsp3) is 0.643. The van der Waals surface area contributed by atoms with Crippen molar-refractivity contribution in [3.05, 3.63) is 21.4 Å². The van der Waals surface area contributed by atoms with Gasteiger partial charge >= 0.3 is 0 Å². The highest BCUT2D eigenvalue weighted by molar-refractivity contribution is 7.14. The third kappa shape index (κ3) is 2.83. The number of rotatable bonds is 2. The van der Waals surface area contributed by atoms with Gasteiger partial charge in [0.1, 0.15) is 0 Å². The molecule has 1 fully saturated rings. The van der Waals surface area contributed by atoms with Crippen LogP contribution in [0.3, 0.4) is 0 Å². The zero-order valence-electron chi connectivity index (χ0n) is 11.2. The second-order valence-corrected chi connectivity index (χ2v) is 6.55. The van der Waals surface area contributed by atoms with Gasteiger partial charge < -0.3 is 15.4 Å². The minimum Gasteiger partial charge on any atom is -0.376 e. The van der Waals surface area contributed by atoms with Gasteiger partial charge in [0.15, 0.2) is 0 Å². The minimum absolute atomic E-state index is 0.0694. The highest BCUT2D eigenvalue weighted by Crippen LogP contribution is 2.27. The van der Waals surface area contributed by atoms with Crippen LogP contribution in [0.4, 0.5) is 0 Å². The second-order valence-electron chi connectivity index (χ2n) is 5.41. The van der Waals surface area contributed by atoms with E-state index in [1.165, 1.54) is 10.4 Å². The van der Waals surface area contributed by atoms with E-state index in [0.717, 1.165) is 37.4 Å². The summed E-state index contributed by atoms with van der Waals surface area (Å²) in [6.45, 7) is 5.57. The molecule has 1 aromatic rings. The van der Waals surface area contributed by atoms with Gasteiger partial charge in [-0.2, -0.15) is 0 Å². The molecule has 0 bridgehead atoms. The topological polar surface area (TPSA) is 50.4 Å². The molecular formula is C14H20N2O2S. The number of ether oxygens (including phenoxy) is 1. The molecule has 2 unspecified atom stereocenters. The van der Waals surface area contributed by atoms with Gasteiger partial charge in [0, 0.05) is 23.9 Å². The maximum absolute atomic E-state index is 12.3. The normalized spacial score (nSPS) is 26.8. The quantitative estimate of drug-likeness (QED) is 0.864. The van der Waals surface area contributed by atoms with Crippen molar-refractivity contribution in [2.45, 2.75) is 32.4 Å². The molecule has 2 N–H and O–H groups in total. The molecule has 0 radical (unpaired) electrons. The van der Waals surface area contributed by atoms with Crippen LogP contribution in [-0.2, 0) is 17.8 Å². The van der Waals surface area contributed by atoms with Crippen LogP contribution in [0.15, 0.2) is 6.07 Å². The number of hydrogen-bond acceptors (Lipinski definition) is 4. The molecule has 3 heterocycles. The van der Waals surface area contributed by atoms with Crippen molar-refractivity contribution in [2.75, 3.05) is 19.7 Å². The third-order valence-electron chi connectivity index (χ3n) is 4.00. The maximum atomic E-state index is 12.3. The van der Waals surface area contributed by atoms with E-state index in [9.17, 15) is 4.79 Å². The Morgan fingerprint density at radius 3 is 3.26 bits per heavy atom. The molecule has 4 nitrogen and oxygen atoms in total. The fourth-order valence-electron chi connectivity index (χ4n) is 2.68. The van der Waals surface area contributed by atoms with Crippen LogP contribution in [0.25, 0.3) is 0 Å². The SMILES string of the molecule is CC1CCNCC1NC(=O)c1cc2c(s1)CCOC2. The Hall–Kier alpha value is -0.910.